The zero-order chi connectivity index (χ0) is 20.6. The van der Waals surface area contributed by atoms with E-state index in [1.54, 1.807) is 0 Å². The van der Waals surface area contributed by atoms with Crippen molar-refractivity contribution in [3.63, 3.8) is 0 Å². The van der Waals surface area contributed by atoms with Crippen LogP contribution in [0.15, 0.2) is 30.3 Å². The summed E-state index contributed by atoms with van der Waals surface area (Å²) in [6.45, 7) is 2.31. The lowest BCUT2D eigenvalue weighted by Gasteiger charge is -2.51. The van der Waals surface area contributed by atoms with Gasteiger partial charge in [-0.05, 0) is 45.3 Å². The van der Waals surface area contributed by atoms with Crippen LogP contribution in [0.5, 0.6) is 0 Å². The van der Waals surface area contributed by atoms with Crippen LogP contribution >= 0.6 is 0 Å². The Morgan fingerprint density at radius 3 is 2.34 bits per heavy atom. The van der Waals surface area contributed by atoms with Crippen LogP contribution < -0.4 is 0 Å². The normalized spacial score (nSPS) is 30.2. The Balaban J connectivity index is 1.59. The lowest BCUT2D eigenvalue weighted by molar-refractivity contribution is -0.137. The molecule has 29 heavy (non-hydrogen) atoms. The highest BCUT2D eigenvalue weighted by Crippen LogP contribution is 2.49. The van der Waals surface area contributed by atoms with E-state index in [2.05, 4.69) is 43.3 Å². The summed E-state index contributed by atoms with van der Waals surface area (Å²) in [7, 11) is 4.26. The van der Waals surface area contributed by atoms with Gasteiger partial charge in [-0.1, -0.05) is 30.3 Å². The van der Waals surface area contributed by atoms with Gasteiger partial charge in [0.05, 0.1) is 18.8 Å². The van der Waals surface area contributed by atoms with Crippen LogP contribution in [0.2, 0.25) is 0 Å². The van der Waals surface area contributed by atoms with Crippen molar-refractivity contribution in [1.82, 2.24) is 14.7 Å². The molecule has 4 rings (SSSR count). The zero-order valence-corrected chi connectivity index (χ0v) is 17.3. The van der Waals surface area contributed by atoms with Crippen molar-refractivity contribution in [1.29, 1.82) is 0 Å². The summed E-state index contributed by atoms with van der Waals surface area (Å²) in [6.07, 6.45) is 3.62. The number of hydrogen-bond acceptors (Lipinski definition) is 4. The van der Waals surface area contributed by atoms with Crippen LogP contribution in [0.25, 0.3) is 0 Å². The van der Waals surface area contributed by atoms with Gasteiger partial charge in [0.1, 0.15) is 6.54 Å². The van der Waals surface area contributed by atoms with Gasteiger partial charge in [-0.25, -0.2) is 4.79 Å². The summed E-state index contributed by atoms with van der Waals surface area (Å²) in [5, 5.41) is 9.27. The first-order chi connectivity index (χ1) is 13.9. The van der Waals surface area contributed by atoms with Gasteiger partial charge in [0, 0.05) is 24.5 Å². The number of carbonyl (C=O) groups is 2. The zero-order valence-electron chi connectivity index (χ0n) is 17.3. The van der Waals surface area contributed by atoms with Gasteiger partial charge in [0.2, 0.25) is 0 Å². The summed E-state index contributed by atoms with van der Waals surface area (Å²) in [4.78, 5) is 30.2. The van der Waals surface area contributed by atoms with Crippen molar-refractivity contribution in [2.45, 2.75) is 36.8 Å². The monoisotopic (exact) mass is 401 g/mol. The molecule has 3 aliphatic rings. The minimum Gasteiger partial charge on any atom is -0.480 e. The molecule has 0 atom stereocenters. The van der Waals surface area contributed by atoms with Crippen LogP contribution in [0.4, 0.5) is 4.79 Å². The van der Waals surface area contributed by atoms with Crippen LogP contribution in [0.3, 0.4) is 0 Å². The van der Waals surface area contributed by atoms with Crippen molar-refractivity contribution in [2.24, 2.45) is 5.92 Å². The van der Waals surface area contributed by atoms with E-state index in [9.17, 15) is 14.7 Å². The van der Waals surface area contributed by atoms with Crippen LogP contribution in [-0.2, 0) is 15.1 Å². The number of nitrogens with zero attached hydrogens (tertiary/aromatic N) is 3. The predicted octanol–water partition coefficient (Wildman–Crippen LogP) is 2.22. The highest BCUT2D eigenvalue weighted by Gasteiger charge is 2.55. The lowest BCUT2D eigenvalue weighted by atomic mass is 9.68. The maximum Gasteiger partial charge on any atom is 0.323 e. The highest BCUT2D eigenvalue weighted by molar-refractivity contribution is 5.83. The summed E-state index contributed by atoms with van der Waals surface area (Å²) in [5.74, 6) is -0.597. The molecule has 7 nitrogen and oxygen atoms in total. The Morgan fingerprint density at radius 2 is 1.83 bits per heavy atom. The molecule has 1 aliphatic carbocycles. The molecule has 7 heteroatoms. The van der Waals surface area contributed by atoms with E-state index >= 15 is 0 Å². The molecule has 3 fully saturated rings. The summed E-state index contributed by atoms with van der Waals surface area (Å²) < 4.78 is 5.32. The molecule has 2 saturated heterocycles. The van der Waals surface area contributed by atoms with E-state index in [1.807, 2.05) is 11.0 Å². The molecule has 0 radical (unpaired) electrons. The van der Waals surface area contributed by atoms with Crippen LogP contribution in [-0.4, -0.2) is 84.3 Å². The molecule has 0 bridgehead atoms. The van der Waals surface area contributed by atoms with Gasteiger partial charge in [-0.2, -0.15) is 0 Å². The molecule has 1 saturated carbocycles. The summed E-state index contributed by atoms with van der Waals surface area (Å²) in [6, 6.07) is 10.5. The molecule has 1 spiro atoms. The highest BCUT2D eigenvalue weighted by atomic mass is 16.5. The minimum atomic E-state index is -0.954. The predicted molar refractivity (Wildman–Crippen MR) is 109 cm³/mol. The number of carbonyl (C=O) groups excluding carboxylic acids is 1. The SMILES string of the molecule is CN(C)[C@]1(c2ccccc2)CC[C@@]2(CC1)CN(CC(=O)O)C(=O)N2CC1COC1. The number of amides is 2. The van der Waals surface area contributed by atoms with Crippen molar-refractivity contribution < 1.29 is 19.4 Å². The fraction of sp³-hybridized carbons (Fsp3) is 0.636. The average molecular weight is 402 g/mol. The second kappa shape index (κ2) is 7.61. The van der Waals surface area contributed by atoms with Gasteiger partial charge in [-0.15, -0.1) is 0 Å². The summed E-state index contributed by atoms with van der Waals surface area (Å²) in [5.41, 5.74) is 0.975. The van der Waals surface area contributed by atoms with Crippen molar-refractivity contribution in [3.8, 4) is 0 Å². The van der Waals surface area contributed by atoms with E-state index in [0.717, 1.165) is 25.7 Å². The molecular formula is C22H31N3O4. The third-order valence-electron chi connectivity index (χ3n) is 7.21. The van der Waals surface area contributed by atoms with Gasteiger partial charge in [-0.3, -0.25) is 9.69 Å². The standard InChI is InChI=1S/C22H31N3O4/c1-23(2)22(18-6-4-3-5-7-18)10-8-21(9-11-22)16-24(13-19(26)27)20(28)25(21)12-17-14-29-15-17/h3-7,17H,8-16H2,1-2H3,(H,26,27)/t21-,22-. The van der Waals surface area contributed by atoms with E-state index in [1.165, 1.54) is 10.5 Å². The molecule has 2 amide bonds. The van der Waals surface area contributed by atoms with E-state index < -0.39 is 5.97 Å². The summed E-state index contributed by atoms with van der Waals surface area (Å²) >= 11 is 0. The van der Waals surface area contributed by atoms with Crippen molar-refractivity contribution >= 4 is 12.0 Å². The smallest absolute Gasteiger partial charge is 0.323 e. The molecule has 2 aliphatic heterocycles. The van der Waals surface area contributed by atoms with Gasteiger partial charge in [0.25, 0.3) is 0 Å². The second-order valence-electron chi connectivity index (χ2n) is 9.06. The van der Waals surface area contributed by atoms with Gasteiger partial charge >= 0.3 is 12.0 Å². The largest absolute Gasteiger partial charge is 0.480 e. The first kappa shape index (κ1) is 20.2. The Labute approximate surface area is 172 Å². The lowest BCUT2D eigenvalue weighted by Crippen LogP contribution is -2.57. The molecule has 0 unspecified atom stereocenters. The van der Waals surface area contributed by atoms with Crippen molar-refractivity contribution in [3.05, 3.63) is 35.9 Å². The fourth-order valence-electron chi connectivity index (χ4n) is 5.39. The number of benzene rings is 1. The molecule has 158 valence electrons. The third kappa shape index (κ3) is 3.51. The second-order valence-corrected chi connectivity index (χ2v) is 9.06. The van der Waals surface area contributed by atoms with Crippen LogP contribution in [0, 0.1) is 5.92 Å². The topological polar surface area (TPSA) is 73.3 Å². The molecule has 0 aromatic heterocycles. The number of ether oxygens (including phenoxy) is 1. The molecular weight excluding hydrogens is 370 g/mol. The first-order valence-corrected chi connectivity index (χ1v) is 10.5. The minimum absolute atomic E-state index is 0.0545. The number of hydrogen-bond donors (Lipinski definition) is 1. The Bertz CT molecular complexity index is 755. The third-order valence-corrected chi connectivity index (χ3v) is 7.21. The van der Waals surface area contributed by atoms with Gasteiger partial charge in [0.15, 0.2) is 0 Å². The quantitative estimate of drug-likeness (QED) is 0.791. The number of urea groups is 1. The number of rotatable bonds is 6. The maximum atomic E-state index is 13.1. The van der Waals surface area contributed by atoms with Gasteiger partial charge < -0.3 is 19.6 Å². The van der Waals surface area contributed by atoms with E-state index in [-0.39, 0.29) is 23.7 Å². The maximum absolute atomic E-state index is 13.1. The molecule has 1 aromatic rings. The first-order valence-electron chi connectivity index (χ1n) is 10.5. The molecule has 1 aromatic carbocycles. The average Bonchev–Trinajstić information content (AvgIpc) is 2.90. The molecule has 2 heterocycles. The van der Waals surface area contributed by atoms with Crippen LogP contribution in [0.1, 0.15) is 31.2 Å². The number of aliphatic carboxylic acids is 1. The Hall–Kier alpha value is -2.12. The fourth-order valence-corrected chi connectivity index (χ4v) is 5.39. The van der Waals surface area contributed by atoms with Crippen molar-refractivity contribution in [2.75, 3.05) is 46.9 Å². The Morgan fingerprint density at radius 1 is 1.17 bits per heavy atom. The Kier molecular flexibility index (Phi) is 5.29. The van der Waals surface area contributed by atoms with E-state index in [4.69, 9.17) is 4.74 Å². The van der Waals surface area contributed by atoms with E-state index in [0.29, 0.717) is 32.2 Å². The molecule has 1 N–H and O–H groups in total. The number of carboxylic acid groups (broad SMARTS) is 1. The number of carboxylic acids is 1.